The van der Waals surface area contributed by atoms with Gasteiger partial charge in [0.05, 0.1) is 23.4 Å². The number of benzene rings is 1. The summed E-state index contributed by atoms with van der Waals surface area (Å²) in [6, 6.07) is 4.37. The van der Waals surface area contributed by atoms with E-state index in [0.29, 0.717) is 0 Å². The third-order valence-corrected chi connectivity index (χ3v) is 6.21. The molecule has 1 aromatic carbocycles. The lowest BCUT2D eigenvalue weighted by Crippen LogP contribution is -2.63. The average Bonchev–Trinajstić information content (AvgIpc) is 2.70. The molecule has 1 amide bonds. The van der Waals surface area contributed by atoms with Crippen molar-refractivity contribution < 1.29 is 39.9 Å². The number of ketones is 2. The van der Waals surface area contributed by atoms with Crippen LogP contribution in [0.1, 0.15) is 17.5 Å². The van der Waals surface area contributed by atoms with Gasteiger partial charge >= 0.3 is 0 Å². The molecule has 31 heavy (non-hydrogen) atoms. The van der Waals surface area contributed by atoms with Gasteiger partial charge in [-0.05, 0) is 24.1 Å². The summed E-state index contributed by atoms with van der Waals surface area (Å²) >= 11 is 0. The van der Waals surface area contributed by atoms with Crippen molar-refractivity contribution in [2.24, 2.45) is 22.6 Å². The van der Waals surface area contributed by atoms with Crippen molar-refractivity contribution in [3.63, 3.8) is 0 Å². The molecule has 4 rings (SSSR count). The van der Waals surface area contributed by atoms with Crippen LogP contribution in [-0.4, -0.2) is 60.7 Å². The number of nitrogens with two attached hydrogens (primary N) is 1. The number of phenolic OH excluding ortho intramolecular Hbond substituents is 1. The van der Waals surface area contributed by atoms with Gasteiger partial charge in [0.15, 0.2) is 11.4 Å². The highest BCUT2D eigenvalue weighted by Crippen LogP contribution is 2.53. The van der Waals surface area contributed by atoms with Gasteiger partial charge in [-0.3, -0.25) is 14.4 Å². The van der Waals surface area contributed by atoms with Gasteiger partial charge in [-0.1, -0.05) is 0 Å². The lowest BCUT2D eigenvalue weighted by molar-refractivity contribution is -0.159. The summed E-state index contributed by atoms with van der Waals surface area (Å²) in [5, 5.41) is 60.7. The monoisotopic (exact) mass is 427 g/mol. The van der Waals surface area contributed by atoms with Gasteiger partial charge < -0.3 is 31.3 Å². The Morgan fingerprint density at radius 3 is 2.52 bits per heavy atom. The second-order valence-electron chi connectivity index (χ2n) is 7.66. The molecule has 11 nitrogen and oxygen atoms in total. The number of hydrogen-bond donors (Lipinski definition) is 7. The van der Waals surface area contributed by atoms with Crippen molar-refractivity contribution >= 4 is 34.9 Å². The van der Waals surface area contributed by atoms with Crippen LogP contribution in [0.2, 0.25) is 0 Å². The van der Waals surface area contributed by atoms with Gasteiger partial charge in [0.25, 0.3) is 5.91 Å². The lowest BCUT2D eigenvalue weighted by atomic mass is 9.57. The number of aromatic hydroxyl groups is 1. The molecule has 4 atom stereocenters. The molecule has 3 aliphatic rings. The Labute approximate surface area is 174 Å². The van der Waals surface area contributed by atoms with Gasteiger partial charge in [0.2, 0.25) is 5.78 Å². The molecular weight excluding hydrogens is 410 g/mol. The van der Waals surface area contributed by atoms with E-state index in [-0.39, 0.29) is 23.2 Å². The first-order chi connectivity index (χ1) is 14.5. The van der Waals surface area contributed by atoms with E-state index < -0.39 is 75.8 Å². The van der Waals surface area contributed by atoms with Gasteiger partial charge in [-0.2, -0.15) is 4.99 Å². The van der Waals surface area contributed by atoms with Crippen molar-refractivity contribution in [1.82, 2.24) is 0 Å². The van der Waals surface area contributed by atoms with Gasteiger partial charge in [-0.15, -0.1) is 0 Å². The SMILES string of the molecule is N=C=Nc1ccc(O)c2c1C[C@@H]1C(=C2O)C(=O)[C@]2(O)C(O)=C(C(N)=O)C(=O)C[C@@H]2[C@H]1O. The van der Waals surface area contributed by atoms with E-state index in [2.05, 4.69) is 4.99 Å². The second kappa shape index (κ2) is 6.61. The molecule has 0 spiro atoms. The average molecular weight is 427 g/mol. The maximum absolute atomic E-state index is 13.3. The van der Waals surface area contributed by atoms with E-state index in [9.17, 15) is 39.9 Å². The maximum Gasteiger partial charge on any atom is 0.255 e. The number of hydrogen-bond acceptors (Lipinski definition) is 10. The van der Waals surface area contributed by atoms with E-state index in [4.69, 9.17) is 11.1 Å². The molecule has 0 aromatic heterocycles. The highest BCUT2D eigenvalue weighted by Gasteiger charge is 2.64. The number of nitrogens with zero attached hydrogens (tertiary/aromatic N) is 1. The molecule has 0 aliphatic heterocycles. The van der Waals surface area contributed by atoms with Crippen molar-refractivity contribution in [2.75, 3.05) is 0 Å². The van der Waals surface area contributed by atoms with Crippen LogP contribution in [0, 0.1) is 17.2 Å². The van der Waals surface area contributed by atoms with Crippen LogP contribution in [0.3, 0.4) is 0 Å². The number of rotatable bonds is 2. The predicted octanol–water partition coefficient (Wildman–Crippen LogP) is -0.221. The van der Waals surface area contributed by atoms with E-state index in [0.717, 1.165) is 0 Å². The Kier molecular flexibility index (Phi) is 4.37. The molecule has 1 saturated carbocycles. The molecule has 1 aromatic rings. The quantitative estimate of drug-likeness (QED) is 0.247. The fraction of sp³-hybridized carbons (Fsp3) is 0.300. The van der Waals surface area contributed by atoms with Crippen LogP contribution < -0.4 is 5.73 Å². The minimum absolute atomic E-state index is 0.134. The zero-order chi connectivity index (χ0) is 22.8. The topological polar surface area (TPSA) is 215 Å². The minimum atomic E-state index is -2.87. The number of aliphatic hydroxyl groups is 4. The number of Topliss-reactive ketones (excluding diaryl/α,β-unsaturated/α-hetero) is 2. The first-order valence-electron chi connectivity index (χ1n) is 9.18. The number of carbonyl (C=O) groups excluding carboxylic acids is 3. The minimum Gasteiger partial charge on any atom is -0.508 e. The molecule has 0 unspecified atom stereocenters. The standard InChI is InChI=1S/C20H17N3O8/c21-5-23-9-1-2-10(24)12-6(9)3-7-13(16(12)27)17(28)20(31)8(15(7)26)4-11(25)14(18(20)29)19(22)30/h1-2,7-8,15,21,24,26-27,29,31H,3-4H2,(H2,22,30)/t7-,8-,15+,20+/m1/s1. The first-order valence-corrected chi connectivity index (χ1v) is 9.18. The molecule has 8 N–H and O–H groups in total. The van der Waals surface area contributed by atoms with Gasteiger partial charge in [-0.25, -0.2) is 5.41 Å². The van der Waals surface area contributed by atoms with Crippen molar-refractivity contribution in [3.05, 3.63) is 40.2 Å². The highest BCUT2D eigenvalue weighted by atomic mass is 16.4. The summed E-state index contributed by atoms with van der Waals surface area (Å²) in [7, 11) is 0. The normalized spacial score (nSPS) is 29.7. The van der Waals surface area contributed by atoms with Crippen molar-refractivity contribution in [2.45, 2.75) is 24.5 Å². The fourth-order valence-corrected chi connectivity index (χ4v) is 4.79. The number of fused-ring (bicyclic) bond motifs is 3. The number of primary amides is 1. The number of aliphatic imine (C=N–C) groups is 1. The Hall–Kier alpha value is -3.79. The number of amides is 1. The van der Waals surface area contributed by atoms with E-state index in [1.807, 2.05) is 6.01 Å². The second-order valence-corrected chi connectivity index (χ2v) is 7.66. The number of aliphatic hydroxyl groups excluding tert-OH is 3. The maximum atomic E-state index is 13.3. The number of nitrogens with one attached hydrogen (secondary N) is 1. The van der Waals surface area contributed by atoms with Crippen LogP contribution >= 0.6 is 0 Å². The molecule has 0 saturated heterocycles. The van der Waals surface area contributed by atoms with E-state index in [1.165, 1.54) is 12.1 Å². The van der Waals surface area contributed by atoms with Crippen LogP contribution in [0.4, 0.5) is 5.69 Å². The molecule has 1 fully saturated rings. The summed E-state index contributed by atoms with van der Waals surface area (Å²) in [6.07, 6.45) is -2.38. The Morgan fingerprint density at radius 2 is 1.90 bits per heavy atom. The van der Waals surface area contributed by atoms with Crippen LogP contribution in [0.25, 0.3) is 5.76 Å². The third kappa shape index (κ3) is 2.51. The van der Waals surface area contributed by atoms with Crippen LogP contribution in [-0.2, 0) is 20.8 Å². The third-order valence-electron chi connectivity index (χ3n) is 6.21. The summed E-state index contributed by atoms with van der Waals surface area (Å²) < 4.78 is 0. The smallest absolute Gasteiger partial charge is 0.255 e. The van der Waals surface area contributed by atoms with Crippen molar-refractivity contribution in [1.29, 1.82) is 5.41 Å². The Balaban J connectivity index is 2.00. The largest absolute Gasteiger partial charge is 0.508 e. The summed E-state index contributed by atoms with van der Waals surface area (Å²) in [5.74, 6) is -8.60. The molecule has 11 heteroatoms. The van der Waals surface area contributed by atoms with Gasteiger partial charge in [0.1, 0.15) is 22.8 Å². The zero-order valence-corrected chi connectivity index (χ0v) is 15.8. The molecule has 160 valence electrons. The molecule has 0 radical (unpaired) electrons. The van der Waals surface area contributed by atoms with Gasteiger partial charge in [0, 0.05) is 23.8 Å². The van der Waals surface area contributed by atoms with Crippen LogP contribution in [0.5, 0.6) is 5.75 Å². The Bertz CT molecular complexity index is 1190. The summed E-state index contributed by atoms with van der Waals surface area (Å²) in [5.41, 5.74) is 1.02. The molecular formula is C20H17N3O8. The zero-order valence-electron chi connectivity index (χ0n) is 15.8. The first kappa shape index (κ1) is 20.5. The van der Waals surface area contributed by atoms with Crippen molar-refractivity contribution in [3.8, 4) is 5.75 Å². The fourth-order valence-electron chi connectivity index (χ4n) is 4.79. The predicted molar refractivity (Wildman–Crippen MR) is 103 cm³/mol. The molecule has 0 heterocycles. The van der Waals surface area contributed by atoms with E-state index in [1.54, 1.807) is 0 Å². The molecule has 0 bridgehead atoms. The van der Waals surface area contributed by atoms with E-state index >= 15 is 0 Å². The summed E-state index contributed by atoms with van der Waals surface area (Å²) in [4.78, 5) is 41.0. The highest BCUT2D eigenvalue weighted by molar-refractivity contribution is 6.22. The van der Waals surface area contributed by atoms with Crippen LogP contribution in [0.15, 0.2) is 34.0 Å². The Morgan fingerprint density at radius 1 is 1.23 bits per heavy atom. The lowest BCUT2D eigenvalue weighted by Gasteiger charge is -2.48. The number of carbonyl (C=O) groups is 3. The summed E-state index contributed by atoms with van der Waals surface area (Å²) in [6.45, 7) is 0. The molecule has 3 aliphatic carbocycles. The number of phenols is 1.